The lowest BCUT2D eigenvalue weighted by atomic mass is 9.79. The van der Waals surface area contributed by atoms with Gasteiger partial charge in [-0.15, -0.1) is 0 Å². The molecule has 0 bridgehead atoms. The molecule has 0 spiro atoms. The van der Waals surface area contributed by atoms with Crippen molar-refractivity contribution in [1.29, 1.82) is 0 Å². The Balaban J connectivity index is 1.78. The predicted molar refractivity (Wildman–Crippen MR) is 73.3 cm³/mol. The molecule has 0 saturated heterocycles. The molecule has 100 valence electrons. The number of pyridine rings is 1. The fraction of sp³-hybridized carbons (Fsp3) is 0.667. The summed E-state index contributed by atoms with van der Waals surface area (Å²) in [4.78, 5) is 4.45. The summed E-state index contributed by atoms with van der Waals surface area (Å²) < 4.78 is 0. The van der Waals surface area contributed by atoms with Gasteiger partial charge in [0.15, 0.2) is 0 Å². The van der Waals surface area contributed by atoms with Crippen molar-refractivity contribution in [3.8, 4) is 0 Å². The van der Waals surface area contributed by atoms with E-state index >= 15 is 0 Å². The highest BCUT2D eigenvalue weighted by molar-refractivity contribution is 5.09. The van der Waals surface area contributed by atoms with Crippen LogP contribution in [0.15, 0.2) is 18.2 Å². The maximum Gasteiger partial charge on any atom is 0.0771 e. The van der Waals surface area contributed by atoms with Crippen molar-refractivity contribution in [2.45, 2.75) is 51.7 Å². The summed E-state index contributed by atoms with van der Waals surface area (Å²) in [6.07, 6.45) is 4.12. The van der Waals surface area contributed by atoms with Gasteiger partial charge in [-0.1, -0.05) is 13.0 Å². The predicted octanol–water partition coefficient (Wildman–Crippen LogP) is 2.42. The number of nitrogens with one attached hydrogen (secondary N) is 1. The average molecular weight is 248 g/mol. The minimum atomic E-state index is -0.504. The molecule has 1 aromatic heterocycles. The first-order valence-electron chi connectivity index (χ1n) is 6.93. The quantitative estimate of drug-likeness (QED) is 0.860. The van der Waals surface area contributed by atoms with E-state index in [4.69, 9.17) is 0 Å². The number of hydrogen-bond donors (Lipinski definition) is 2. The number of hydrogen-bond acceptors (Lipinski definition) is 3. The molecule has 2 rings (SSSR count). The lowest BCUT2D eigenvalue weighted by Gasteiger charge is -2.35. The standard InChI is InChI=1S/C15H24N2O/c1-12-6-8-15(18,9-7-12)11-16-10-14-5-3-4-13(2)17-14/h3-5,12,16,18H,6-11H2,1-2H3. The SMILES string of the molecule is Cc1cccc(CNCC2(O)CCC(C)CC2)n1. The molecule has 0 atom stereocenters. The van der Waals surface area contributed by atoms with Gasteiger partial charge in [-0.2, -0.15) is 0 Å². The molecule has 1 fully saturated rings. The lowest BCUT2D eigenvalue weighted by Crippen LogP contribution is -2.43. The highest BCUT2D eigenvalue weighted by Crippen LogP contribution is 2.31. The van der Waals surface area contributed by atoms with E-state index < -0.39 is 5.60 Å². The highest BCUT2D eigenvalue weighted by atomic mass is 16.3. The minimum Gasteiger partial charge on any atom is -0.389 e. The molecular weight excluding hydrogens is 224 g/mol. The number of aromatic nitrogens is 1. The van der Waals surface area contributed by atoms with Crippen LogP contribution in [0.25, 0.3) is 0 Å². The second kappa shape index (κ2) is 5.81. The number of aliphatic hydroxyl groups is 1. The van der Waals surface area contributed by atoms with E-state index in [-0.39, 0.29) is 0 Å². The van der Waals surface area contributed by atoms with Crippen molar-refractivity contribution in [3.05, 3.63) is 29.6 Å². The summed E-state index contributed by atoms with van der Waals surface area (Å²) in [6, 6.07) is 6.04. The zero-order valence-corrected chi connectivity index (χ0v) is 11.4. The molecule has 0 unspecified atom stereocenters. The molecule has 3 heteroatoms. The molecular formula is C15H24N2O. The molecule has 1 aliphatic carbocycles. The molecule has 3 nitrogen and oxygen atoms in total. The normalized spacial score (nSPS) is 28.3. The Morgan fingerprint density at radius 3 is 2.78 bits per heavy atom. The first-order valence-corrected chi connectivity index (χ1v) is 6.93. The number of rotatable bonds is 4. The van der Waals surface area contributed by atoms with Gasteiger partial charge in [0.25, 0.3) is 0 Å². The molecule has 1 aromatic rings. The van der Waals surface area contributed by atoms with Crippen LogP contribution in [0.1, 0.15) is 44.0 Å². The third-order valence-electron chi connectivity index (χ3n) is 3.91. The van der Waals surface area contributed by atoms with Gasteiger partial charge in [-0.3, -0.25) is 4.98 Å². The lowest BCUT2D eigenvalue weighted by molar-refractivity contribution is -0.00635. The van der Waals surface area contributed by atoms with Crippen LogP contribution in [0.3, 0.4) is 0 Å². The third kappa shape index (κ3) is 3.79. The van der Waals surface area contributed by atoms with Crippen molar-refractivity contribution in [2.75, 3.05) is 6.54 Å². The van der Waals surface area contributed by atoms with Gasteiger partial charge in [0.05, 0.1) is 11.3 Å². The van der Waals surface area contributed by atoms with Crippen LogP contribution >= 0.6 is 0 Å². The van der Waals surface area contributed by atoms with E-state index in [0.29, 0.717) is 6.54 Å². The summed E-state index contributed by atoms with van der Waals surface area (Å²) in [7, 11) is 0. The molecule has 0 amide bonds. The Hall–Kier alpha value is -0.930. The Bertz CT molecular complexity index is 384. The van der Waals surface area contributed by atoms with Crippen LogP contribution in [-0.4, -0.2) is 22.2 Å². The van der Waals surface area contributed by atoms with E-state index in [1.54, 1.807) is 0 Å². The Morgan fingerprint density at radius 2 is 2.11 bits per heavy atom. The van der Waals surface area contributed by atoms with Gasteiger partial charge in [-0.05, 0) is 50.7 Å². The molecule has 1 aliphatic rings. The Labute approximate surface area is 110 Å². The van der Waals surface area contributed by atoms with Gasteiger partial charge in [0, 0.05) is 18.8 Å². The van der Waals surface area contributed by atoms with E-state index in [9.17, 15) is 5.11 Å². The van der Waals surface area contributed by atoms with Crippen LogP contribution in [0, 0.1) is 12.8 Å². The van der Waals surface area contributed by atoms with E-state index in [0.717, 1.165) is 49.5 Å². The second-order valence-electron chi connectivity index (χ2n) is 5.78. The first kappa shape index (κ1) is 13.5. The first-order chi connectivity index (χ1) is 8.57. The van der Waals surface area contributed by atoms with Crippen molar-refractivity contribution >= 4 is 0 Å². The molecule has 0 radical (unpaired) electrons. The monoisotopic (exact) mass is 248 g/mol. The summed E-state index contributed by atoms with van der Waals surface area (Å²) in [5.74, 6) is 0.767. The smallest absolute Gasteiger partial charge is 0.0771 e. The Kier molecular flexibility index (Phi) is 4.36. The number of aryl methyl sites for hydroxylation is 1. The van der Waals surface area contributed by atoms with Gasteiger partial charge < -0.3 is 10.4 Å². The van der Waals surface area contributed by atoms with Gasteiger partial charge in [0.1, 0.15) is 0 Å². The fourth-order valence-corrected chi connectivity index (χ4v) is 2.60. The molecule has 1 heterocycles. The van der Waals surface area contributed by atoms with Crippen LogP contribution < -0.4 is 5.32 Å². The molecule has 18 heavy (non-hydrogen) atoms. The maximum atomic E-state index is 10.4. The van der Waals surface area contributed by atoms with E-state index in [1.807, 2.05) is 25.1 Å². The van der Waals surface area contributed by atoms with Crippen LogP contribution in [-0.2, 0) is 6.54 Å². The summed E-state index contributed by atoms with van der Waals surface area (Å²) in [5, 5.41) is 13.8. The molecule has 1 saturated carbocycles. The fourth-order valence-electron chi connectivity index (χ4n) is 2.60. The van der Waals surface area contributed by atoms with Gasteiger partial charge >= 0.3 is 0 Å². The van der Waals surface area contributed by atoms with Crippen molar-refractivity contribution in [1.82, 2.24) is 10.3 Å². The third-order valence-corrected chi connectivity index (χ3v) is 3.91. The largest absolute Gasteiger partial charge is 0.389 e. The molecule has 0 aromatic carbocycles. The van der Waals surface area contributed by atoms with Crippen molar-refractivity contribution in [2.24, 2.45) is 5.92 Å². The average Bonchev–Trinajstić information content (AvgIpc) is 2.34. The highest BCUT2D eigenvalue weighted by Gasteiger charge is 2.31. The Morgan fingerprint density at radius 1 is 1.39 bits per heavy atom. The van der Waals surface area contributed by atoms with Crippen LogP contribution in [0.2, 0.25) is 0 Å². The maximum absolute atomic E-state index is 10.4. The zero-order valence-electron chi connectivity index (χ0n) is 11.4. The van der Waals surface area contributed by atoms with Gasteiger partial charge in [0.2, 0.25) is 0 Å². The van der Waals surface area contributed by atoms with Crippen LogP contribution in [0.4, 0.5) is 0 Å². The van der Waals surface area contributed by atoms with Crippen molar-refractivity contribution < 1.29 is 5.11 Å². The summed E-state index contributed by atoms with van der Waals surface area (Å²) in [5.41, 5.74) is 1.58. The van der Waals surface area contributed by atoms with Gasteiger partial charge in [-0.25, -0.2) is 0 Å². The summed E-state index contributed by atoms with van der Waals surface area (Å²) in [6.45, 7) is 5.68. The van der Waals surface area contributed by atoms with Crippen LogP contribution in [0.5, 0.6) is 0 Å². The van der Waals surface area contributed by atoms with E-state index in [2.05, 4.69) is 17.2 Å². The molecule has 0 aliphatic heterocycles. The van der Waals surface area contributed by atoms with Crippen molar-refractivity contribution in [3.63, 3.8) is 0 Å². The minimum absolute atomic E-state index is 0.504. The van der Waals surface area contributed by atoms with E-state index in [1.165, 1.54) is 0 Å². The topological polar surface area (TPSA) is 45.1 Å². The number of nitrogens with zero attached hydrogens (tertiary/aromatic N) is 1. The zero-order chi connectivity index (χ0) is 13.0. The summed E-state index contributed by atoms with van der Waals surface area (Å²) >= 11 is 0. The molecule has 2 N–H and O–H groups in total. The second-order valence-corrected chi connectivity index (χ2v) is 5.78.